The van der Waals surface area contributed by atoms with Crippen molar-refractivity contribution < 1.29 is 0 Å². The van der Waals surface area contributed by atoms with Crippen molar-refractivity contribution >= 4 is 27.9 Å². The number of aryl methyl sites for hydroxylation is 2. The number of hydrogen-bond acceptors (Lipinski definition) is 4. The molecule has 0 aliphatic carbocycles. The fraction of sp³-hybridized carbons (Fsp3) is 0.182. The number of aromatic nitrogens is 4. The minimum atomic E-state index is 0.519. The summed E-state index contributed by atoms with van der Waals surface area (Å²) in [7, 11) is 0. The Kier molecular flexibility index (Phi) is 1.65. The van der Waals surface area contributed by atoms with Gasteiger partial charge in [0.25, 0.3) is 0 Å². The lowest BCUT2D eigenvalue weighted by atomic mass is 10.1. The standard InChI is InChI=1S/C11H11N5/c1-5-3-7-9(10-8(5)13-4-14-10)15-6(2)11(12)16-7/h3-4,15H,12H2,1-2H3. The van der Waals surface area contributed by atoms with Gasteiger partial charge < -0.3 is 10.7 Å². The Bertz CT molecular complexity index is 698. The maximum absolute atomic E-state index is 5.78. The molecule has 0 unspecified atom stereocenters. The van der Waals surface area contributed by atoms with E-state index < -0.39 is 0 Å². The molecule has 0 bridgehead atoms. The van der Waals surface area contributed by atoms with Crippen LogP contribution in [0.4, 0.5) is 5.82 Å². The number of fused-ring (bicyclic) bond motifs is 3. The van der Waals surface area contributed by atoms with E-state index in [9.17, 15) is 0 Å². The molecule has 0 spiro atoms. The van der Waals surface area contributed by atoms with E-state index in [2.05, 4.69) is 19.9 Å². The van der Waals surface area contributed by atoms with Crippen LogP contribution in [0.25, 0.3) is 22.1 Å². The summed E-state index contributed by atoms with van der Waals surface area (Å²) in [4.78, 5) is 16.1. The van der Waals surface area contributed by atoms with Crippen LogP contribution in [0.15, 0.2) is 12.4 Å². The Balaban J connectivity index is 2.59. The number of nitrogens with one attached hydrogen (secondary N) is 1. The van der Waals surface area contributed by atoms with Gasteiger partial charge in [-0.05, 0) is 25.5 Å². The second kappa shape index (κ2) is 2.91. The van der Waals surface area contributed by atoms with E-state index in [4.69, 9.17) is 5.73 Å². The molecule has 3 N–H and O–H groups in total. The van der Waals surface area contributed by atoms with E-state index in [0.29, 0.717) is 5.82 Å². The third-order valence-electron chi connectivity index (χ3n) is 2.76. The van der Waals surface area contributed by atoms with Crippen molar-refractivity contribution in [2.75, 3.05) is 5.73 Å². The number of aromatic amines is 1. The molecule has 16 heavy (non-hydrogen) atoms. The van der Waals surface area contributed by atoms with Gasteiger partial charge in [0, 0.05) is 0 Å². The highest BCUT2D eigenvalue weighted by Crippen LogP contribution is 2.24. The zero-order chi connectivity index (χ0) is 11.3. The molecule has 5 nitrogen and oxygen atoms in total. The van der Waals surface area contributed by atoms with Gasteiger partial charge in [0.15, 0.2) is 0 Å². The summed E-state index contributed by atoms with van der Waals surface area (Å²) in [5.74, 6) is 0.519. The molecule has 0 saturated heterocycles. The number of rotatable bonds is 0. The smallest absolute Gasteiger partial charge is 0.143 e. The van der Waals surface area contributed by atoms with E-state index >= 15 is 0 Å². The summed E-state index contributed by atoms with van der Waals surface area (Å²) in [5, 5.41) is 0. The fourth-order valence-electron chi connectivity index (χ4n) is 1.88. The van der Waals surface area contributed by atoms with Gasteiger partial charge in [0.05, 0.1) is 22.2 Å². The molecule has 80 valence electrons. The molecule has 0 radical (unpaired) electrons. The first-order valence-electron chi connectivity index (χ1n) is 5.03. The number of H-pyrrole nitrogens is 1. The Labute approximate surface area is 91.7 Å². The number of nitrogens with two attached hydrogens (primary N) is 1. The maximum Gasteiger partial charge on any atom is 0.143 e. The number of nitrogens with zero attached hydrogens (tertiary/aromatic N) is 3. The molecule has 0 aliphatic heterocycles. The van der Waals surface area contributed by atoms with Crippen molar-refractivity contribution in [1.29, 1.82) is 0 Å². The van der Waals surface area contributed by atoms with Crippen LogP contribution in [-0.4, -0.2) is 19.9 Å². The summed E-state index contributed by atoms with van der Waals surface area (Å²) in [6.45, 7) is 3.89. The quantitative estimate of drug-likeness (QED) is 0.595. The van der Waals surface area contributed by atoms with E-state index in [0.717, 1.165) is 33.3 Å². The molecule has 5 heteroatoms. The molecular formula is C11H11N5. The van der Waals surface area contributed by atoms with Gasteiger partial charge in [-0.2, -0.15) is 0 Å². The lowest BCUT2D eigenvalue weighted by molar-refractivity contribution is 1.20. The second-order valence-corrected chi connectivity index (χ2v) is 3.91. The Morgan fingerprint density at radius 3 is 2.75 bits per heavy atom. The third kappa shape index (κ3) is 1.08. The molecule has 3 aromatic rings. The number of benzene rings is 1. The first-order valence-corrected chi connectivity index (χ1v) is 5.03. The van der Waals surface area contributed by atoms with Gasteiger partial charge in [-0.3, -0.25) is 0 Å². The topological polar surface area (TPSA) is 80.5 Å². The van der Waals surface area contributed by atoms with E-state index in [1.165, 1.54) is 0 Å². The average molecular weight is 213 g/mol. The molecule has 0 atom stereocenters. The first kappa shape index (κ1) is 9.08. The van der Waals surface area contributed by atoms with Crippen molar-refractivity contribution in [3.05, 3.63) is 23.7 Å². The molecule has 2 aromatic heterocycles. The molecule has 0 fully saturated rings. The van der Waals surface area contributed by atoms with Crippen LogP contribution in [0, 0.1) is 13.8 Å². The molecule has 0 saturated carbocycles. The van der Waals surface area contributed by atoms with Crippen LogP contribution < -0.4 is 5.73 Å². The summed E-state index contributed by atoms with van der Waals surface area (Å²) in [6, 6.07) is 1.97. The van der Waals surface area contributed by atoms with E-state index in [1.807, 2.05) is 19.9 Å². The lowest BCUT2D eigenvalue weighted by Gasteiger charge is -2.05. The van der Waals surface area contributed by atoms with Gasteiger partial charge in [-0.1, -0.05) is 0 Å². The van der Waals surface area contributed by atoms with Crippen LogP contribution in [0.1, 0.15) is 11.3 Å². The minimum Gasteiger partial charge on any atom is -0.382 e. The van der Waals surface area contributed by atoms with Crippen molar-refractivity contribution in [1.82, 2.24) is 19.9 Å². The summed E-state index contributed by atoms with van der Waals surface area (Å²) in [6.07, 6.45) is 1.57. The monoisotopic (exact) mass is 213 g/mol. The van der Waals surface area contributed by atoms with E-state index in [1.54, 1.807) is 6.33 Å². The summed E-state index contributed by atoms with van der Waals surface area (Å²) < 4.78 is 0. The molecule has 1 aromatic carbocycles. The number of anilines is 1. The fourth-order valence-corrected chi connectivity index (χ4v) is 1.88. The minimum absolute atomic E-state index is 0.519. The Hall–Kier alpha value is -2.17. The third-order valence-corrected chi connectivity index (χ3v) is 2.76. The molecule has 0 aliphatic rings. The number of nitrogen functional groups attached to an aromatic ring is 1. The highest BCUT2D eigenvalue weighted by molar-refractivity contribution is 6.01. The van der Waals surface area contributed by atoms with Crippen LogP contribution in [0.5, 0.6) is 0 Å². The molecule has 2 heterocycles. The molecule has 3 rings (SSSR count). The van der Waals surface area contributed by atoms with Crippen molar-refractivity contribution in [2.45, 2.75) is 13.8 Å². The summed E-state index contributed by atoms with van der Waals surface area (Å²) in [5.41, 5.74) is 11.2. The maximum atomic E-state index is 5.78. The first-order chi connectivity index (χ1) is 7.66. The second-order valence-electron chi connectivity index (χ2n) is 3.91. The van der Waals surface area contributed by atoms with Crippen LogP contribution in [0.2, 0.25) is 0 Å². The van der Waals surface area contributed by atoms with Crippen molar-refractivity contribution in [3.63, 3.8) is 0 Å². The van der Waals surface area contributed by atoms with Gasteiger partial charge in [0.2, 0.25) is 0 Å². The predicted octanol–water partition coefficient (Wildman–Crippen LogP) is 1.71. The lowest BCUT2D eigenvalue weighted by Crippen LogP contribution is -1.98. The Morgan fingerprint density at radius 2 is 1.94 bits per heavy atom. The Morgan fingerprint density at radius 1 is 1.19 bits per heavy atom. The van der Waals surface area contributed by atoms with Crippen LogP contribution >= 0.6 is 0 Å². The van der Waals surface area contributed by atoms with E-state index in [-0.39, 0.29) is 0 Å². The largest absolute Gasteiger partial charge is 0.382 e. The molecular weight excluding hydrogens is 202 g/mol. The zero-order valence-corrected chi connectivity index (χ0v) is 9.07. The van der Waals surface area contributed by atoms with Gasteiger partial charge in [0.1, 0.15) is 17.7 Å². The SMILES string of the molecule is Cc1[nH]c2c(cc(C)c3ncnc32)nc1N. The van der Waals surface area contributed by atoms with Gasteiger partial charge >= 0.3 is 0 Å². The summed E-state index contributed by atoms with van der Waals surface area (Å²) >= 11 is 0. The van der Waals surface area contributed by atoms with Crippen molar-refractivity contribution in [2.24, 2.45) is 0 Å². The van der Waals surface area contributed by atoms with Crippen LogP contribution in [-0.2, 0) is 0 Å². The van der Waals surface area contributed by atoms with Gasteiger partial charge in [-0.25, -0.2) is 15.0 Å². The average Bonchev–Trinajstić information content (AvgIpc) is 2.71. The normalized spacial score (nSPS) is 11.4. The molecule has 0 amide bonds. The number of imidazole rings is 1. The zero-order valence-electron chi connectivity index (χ0n) is 9.07. The van der Waals surface area contributed by atoms with Gasteiger partial charge in [-0.15, -0.1) is 0 Å². The predicted molar refractivity (Wildman–Crippen MR) is 63.1 cm³/mol. The highest BCUT2D eigenvalue weighted by atomic mass is 14.9. The van der Waals surface area contributed by atoms with Crippen LogP contribution in [0.3, 0.4) is 0 Å². The van der Waals surface area contributed by atoms with Crippen molar-refractivity contribution in [3.8, 4) is 0 Å². The highest BCUT2D eigenvalue weighted by Gasteiger charge is 2.09. The number of hydrogen-bond donors (Lipinski definition) is 2.